The molecule has 0 radical (unpaired) electrons. The normalized spacial score (nSPS) is 11.2. The van der Waals surface area contributed by atoms with Crippen LogP contribution in [0.15, 0.2) is 18.2 Å². The fourth-order valence-electron chi connectivity index (χ4n) is 1.54. The van der Waals surface area contributed by atoms with E-state index in [9.17, 15) is 19.3 Å². The molecule has 0 aliphatic rings. The first kappa shape index (κ1) is 17.0. The van der Waals surface area contributed by atoms with E-state index in [0.29, 0.717) is 17.1 Å². The lowest BCUT2D eigenvalue weighted by Crippen LogP contribution is -2.51. The second-order valence-corrected chi connectivity index (χ2v) is 5.40. The number of amides is 1. The summed E-state index contributed by atoms with van der Waals surface area (Å²) < 4.78 is 13.2. The summed E-state index contributed by atoms with van der Waals surface area (Å²) in [6.07, 6.45) is 0.609. The number of nitro benzene ring substituents is 1. The van der Waals surface area contributed by atoms with Crippen LogP contribution in [0.3, 0.4) is 0 Å². The average molecular weight is 412 g/mol. The number of carbonyl (C=O) groups excluding carboxylic acids is 1. The first-order valence-electron chi connectivity index (χ1n) is 5.77. The van der Waals surface area contributed by atoms with Gasteiger partial charge in [-0.25, -0.2) is 4.39 Å². The zero-order valence-electron chi connectivity index (χ0n) is 10.7. The molecular formula is C12H13Br2FN2O3. The molecule has 0 aromatic heterocycles. The van der Waals surface area contributed by atoms with Gasteiger partial charge in [0.15, 0.2) is 0 Å². The van der Waals surface area contributed by atoms with Crippen LogP contribution < -0.4 is 5.32 Å². The molecule has 1 amide bonds. The summed E-state index contributed by atoms with van der Waals surface area (Å²) in [5, 5.41) is 14.5. The summed E-state index contributed by atoms with van der Waals surface area (Å²) in [6.45, 7) is 1.88. The number of carbonyl (C=O) groups is 1. The van der Waals surface area contributed by atoms with Crippen LogP contribution in [0, 0.1) is 15.9 Å². The van der Waals surface area contributed by atoms with Gasteiger partial charge < -0.3 is 5.32 Å². The third kappa shape index (κ3) is 3.76. The van der Waals surface area contributed by atoms with Crippen LogP contribution in [0.2, 0.25) is 0 Å². The Morgan fingerprint density at radius 1 is 1.45 bits per heavy atom. The second kappa shape index (κ2) is 7.12. The largest absolute Gasteiger partial charge is 0.345 e. The highest BCUT2D eigenvalue weighted by molar-refractivity contribution is 9.09. The van der Waals surface area contributed by atoms with E-state index in [1.807, 2.05) is 6.92 Å². The summed E-state index contributed by atoms with van der Waals surface area (Å²) in [5.41, 5.74) is -1.29. The van der Waals surface area contributed by atoms with E-state index in [1.165, 1.54) is 0 Å². The minimum Gasteiger partial charge on any atom is -0.345 e. The van der Waals surface area contributed by atoms with E-state index in [-0.39, 0.29) is 5.56 Å². The van der Waals surface area contributed by atoms with Crippen molar-refractivity contribution in [1.82, 2.24) is 5.32 Å². The maximum atomic E-state index is 13.2. The molecule has 5 nitrogen and oxygen atoms in total. The Labute approximate surface area is 132 Å². The Balaban J connectivity index is 3.15. The topological polar surface area (TPSA) is 72.2 Å². The maximum Gasteiger partial charge on any atom is 0.282 e. The molecule has 8 heteroatoms. The van der Waals surface area contributed by atoms with E-state index in [2.05, 4.69) is 37.2 Å². The Hall–Kier alpha value is -1.02. The van der Waals surface area contributed by atoms with E-state index >= 15 is 0 Å². The molecular weight excluding hydrogens is 399 g/mol. The summed E-state index contributed by atoms with van der Waals surface area (Å²) in [6, 6.07) is 2.81. The first-order valence-corrected chi connectivity index (χ1v) is 8.02. The predicted octanol–water partition coefficient (Wildman–Crippen LogP) is 3.40. The molecule has 1 rings (SSSR count). The van der Waals surface area contributed by atoms with Gasteiger partial charge in [-0.3, -0.25) is 14.9 Å². The lowest BCUT2D eigenvalue weighted by Gasteiger charge is -2.29. The molecule has 0 saturated heterocycles. The van der Waals surface area contributed by atoms with Crippen molar-refractivity contribution in [2.75, 3.05) is 10.7 Å². The van der Waals surface area contributed by atoms with Crippen molar-refractivity contribution in [3.63, 3.8) is 0 Å². The molecule has 0 aliphatic carbocycles. The standard InChI is InChI=1S/C12H13Br2FN2O3/c1-2-12(6-13,7-14)16-11(18)9-5-8(15)3-4-10(9)17(19)20/h3-5H,2,6-7H2,1H3,(H,16,18). The van der Waals surface area contributed by atoms with Gasteiger partial charge in [0.1, 0.15) is 11.4 Å². The van der Waals surface area contributed by atoms with Gasteiger partial charge >= 0.3 is 0 Å². The summed E-state index contributed by atoms with van der Waals surface area (Å²) in [7, 11) is 0. The smallest absolute Gasteiger partial charge is 0.282 e. The van der Waals surface area contributed by atoms with Crippen LogP contribution in [0.4, 0.5) is 10.1 Å². The molecule has 0 spiro atoms. The summed E-state index contributed by atoms with van der Waals surface area (Å²) in [4.78, 5) is 22.4. The van der Waals surface area contributed by atoms with E-state index < -0.39 is 27.9 Å². The van der Waals surface area contributed by atoms with Crippen LogP contribution in [-0.4, -0.2) is 27.0 Å². The molecule has 1 aromatic carbocycles. The number of hydrogen-bond acceptors (Lipinski definition) is 3. The molecule has 1 aromatic rings. The third-order valence-electron chi connectivity index (χ3n) is 2.97. The highest BCUT2D eigenvalue weighted by Gasteiger charge is 2.30. The van der Waals surface area contributed by atoms with E-state index in [4.69, 9.17) is 0 Å². The predicted molar refractivity (Wildman–Crippen MR) is 81.1 cm³/mol. The summed E-state index contributed by atoms with van der Waals surface area (Å²) in [5.74, 6) is -1.36. The zero-order chi connectivity index (χ0) is 15.3. The van der Waals surface area contributed by atoms with Crippen LogP contribution in [0.5, 0.6) is 0 Å². The number of nitrogens with zero attached hydrogens (tertiary/aromatic N) is 1. The van der Waals surface area contributed by atoms with Crippen molar-refractivity contribution in [2.24, 2.45) is 0 Å². The van der Waals surface area contributed by atoms with Crippen LogP contribution >= 0.6 is 31.9 Å². The van der Waals surface area contributed by atoms with Crippen molar-refractivity contribution in [2.45, 2.75) is 18.9 Å². The zero-order valence-corrected chi connectivity index (χ0v) is 13.8. The number of nitro groups is 1. The van der Waals surface area contributed by atoms with E-state index in [1.54, 1.807) is 0 Å². The fraction of sp³-hybridized carbons (Fsp3) is 0.417. The number of halogens is 3. The van der Waals surface area contributed by atoms with Crippen molar-refractivity contribution in [3.05, 3.63) is 39.7 Å². The Bertz CT molecular complexity index is 513. The van der Waals surface area contributed by atoms with Gasteiger partial charge in [0.05, 0.1) is 10.5 Å². The maximum absolute atomic E-state index is 13.2. The Kier molecular flexibility index (Phi) is 6.07. The average Bonchev–Trinajstić information content (AvgIpc) is 2.44. The molecule has 0 saturated carbocycles. The van der Waals surface area contributed by atoms with Gasteiger partial charge in [0, 0.05) is 16.7 Å². The van der Waals surface area contributed by atoms with Crippen LogP contribution in [0.1, 0.15) is 23.7 Å². The molecule has 0 unspecified atom stereocenters. The molecule has 1 N–H and O–H groups in total. The third-order valence-corrected chi connectivity index (χ3v) is 5.11. The molecule has 20 heavy (non-hydrogen) atoms. The Morgan fingerprint density at radius 3 is 2.50 bits per heavy atom. The van der Waals surface area contributed by atoms with E-state index in [0.717, 1.165) is 18.2 Å². The number of hydrogen-bond donors (Lipinski definition) is 1. The molecule has 0 heterocycles. The lowest BCUT2D eigenvalue weighted by atomic mass is 10.0. The van der Waals surface area contributed by atoms with Gasteiger partial charge in [-0.05, 0) is 18.6 Å². The molecule has 110 valence electrons. The lowest BCUT2D eigenvalue weighted by molar-refractivity contribution is -0.385. The SMILES string of the molecule is CCC(CBr)(CBr)NC(=O)c1cc(F)ccc1[N+](=O)[O-]. The van der Waals surface area contributed by atoms with Crippen molar-refractivity contribution < 1.29 is 14.1 Å². The van der Waals surface area contributed by atoms with Crippen LogP contribution in [-0.2, 0) is 0 Å². The van der Waals surface area contributed by atoms with Gasteiger partial charge in [0.25, 0.3) is 11.6 Å². The van der Waals surface area contributed by atoms with Gasteiger partial charge in [0.2, 0.25) is 0 Å². The Morgan fingerprint density at radius 2 is 2.05 bits per heavy atom. The molecule has 0 bridgehead atoms. The molecule has 0 aliphatic heterocycles. The minimum atomic E-state index is -0.704. The number of nitrogens with one attached hydrogen (secondary N) is 1. The van der Waals surface area contributed by atoms with Gasteiger partial charge in [-0.1, -0.05) is 38.8 Å². The minimum absolute atomic E-state index is 0.283. The van der Waals surface area contributed by atoms with Gasteiger partial charge in [-0.15, -0.1) is 0 Å². The monoisotopic (exact) mass is 410 g/mol. The van der Waals surface area contributed by atoms with Gasteiger partial charge in [-0.2, -0.15) is 0 Å². The quantitative estimate of drug-likeness (QED) is 0.443. The van der Waals surface area contributed by atoms with Crippen molar-refractivity contribution in [1.29, 1.82) is 0 Å². The van der Waals surface area contributed by atoms with Crippen molar-refractivity contribution >= 4 is 43.5 Å². The summed E-state index contributed by atoms with van der Waals surface area (Å²) >= 11 is 6.61. The second-order valence-electron chi connectivity index (χ2n) is 4.27. The number of rotatable bonds is 6. The molecule has 0 fully saturated rings. The number of alkyl halides is 2. The molecule has 0 atom stereocenters. The first-order chi connectivity index (χ1) is 9.39. The van der Waals surface area contributed by atoms with Crippen LogP contribution in [0.25, 0.3) is 0 Å². The number of benzene rings is 1. The highest BCUT2D eigenvalue weighted by Crippen LogP contribution is 2.22. The fourth-order valence-corrected chi connectivity index (χ4v) is 3.54. The highest BCUT2D eigenvalue weighted by atomic mass is 79.9. The van der Waals surface area contributed by atoms with Crippen molar-refractivity contribution in [3.8, 4) is 0 Å².